The quantitative estimate of drug-likeness (QED) is 0.736. The van der Waals surface area contributed by atoms with Gasteiger partial charge in [0.2, 0.25) is 0 Å². The second-order valence-corrected chi connectivity index (χ2v) is 3.63. The van der Waals surface area contributed by atoms with Crippen LogP contribution in [-0.2, 0) is 17.3 Å². The molecule has 0 aliphatic heterocycles. The second-order valence-electron chi connectivity index (χ2n) is 3.63. The number of carboxylic acids is 1. The Labute approximate surface area is 76.2 Å². The first kappa shape index (κ1) is 8.29. The molecule has 0 unspecified atom stereocenters. The predicted molar refractivity (Wildman–Crippen MR) is 46.4 cm³/mol. The molecular weight excluding hydrogens is 168 g/mol. The van der Waals surface area contributed by atoms with Crippen molar-refractivity contribution in [2.24, 2.45) is 7.05 Å². The molecule has 2 rings (SSSR count). The summed E-state index contributed by atoms with van der Waals surface area (Å²) in [5.74, 6) is -0.720. The van der Waals surface area contributed by atoms with Gasteiger partial charge in [-0.2, -0.15) is 0 Å². The van der Waals surface area contributed by atoms with Gasteiger partial charge in [0.1, 0.15) is 5.41 Å². The molecule has 13 heavy (non-hydrogen) atoms. The van der Waals surface area contributed by atoms with Crippen molar-refractivity contribution in [3.05, 3.63) is 18.2 Å². The molecule has 1 aliphatic carbocycles. The van der Waals surface area contributed by atoms with Crippen molar-refractivity contribution in [1.29, 1.82) is 0 Å². The summed E-state index contributed by atoms with van der Waals surface area (Å²) in [6, 6.07) is 0. The van der Waals surface area contributed by atoms with Crippen LogP contribution in [0.5, 0.6) is 0 Å². The van der Waals surface area contributed by atoms with Gasteiger partial charge in [0.05, 0.1) is 12.0 Å². The summed E-state index contributed by atoms with van der Waals surface area (Å²) in [6.07, 6.45) is 5.78. The third-order valence-corrected chi connectivity index (χ3v) is 2.92. The lowest BCUT2D eigenvalue weighted by Crippen LogP contribution is -2.43. The van der Waals surface area contributed by atoms with Crippen LogP contribution < -0.4 is 0 Å². The zero-order chi connectivity index (χ0) is 9.47. The van der Waals surface area contributed by atoms with E-state index in [4.69, 9.17) is 5.11 Å². The summed E-state index contributed by atoms with van der Waals surface area (Å²) < 4.78 is 1.80. The topological polar surface area (TPSA) is 55.1 Å². The monoisotopic (exact) mass is 180 g/mol. The van der Waals surface area contributed by atoms with Crippen molar-refractivity contribution in [3.63, 3.8) is 0 Å². The fourth-order valence-corrected chi connectivity index (χ4v) is 1.93. The highest BCUT2D eigenvalue weighted by molar-refractivity contribution is 5.81. The van der Waals surface area contributed by atoms with Crippen molar-refractivity contribution in [1.82, 2.24) is 9.55 Å². The minimum atomic E-state index is -0.720. The summed E-state index contributed by atoms with van der Waals surface area (Å²) in [5.41, 5.74) is 0.178. The van der Waals surface area contributed by atoms with Crippen LogP contribution in [0.25, 0.3) is 0 Å². The average molecular weight is 180 g/mol. The maximum Gasteiger partial charge on any atom is 0.315 e. The number of aliphatic carboxylic acids is 1. The Morgan fingerprint density at radius 1 is 1.69 bits per heavy atom. The van der Waals surface area contributed by atoms with Crippen LogP contribution in [0.1, 0.15) is 25.0 Å². The molecule has 1 saturated carbocycles. The fraction of sp³-hybridized carbons (Fsp3) is 0.556. The van der Waals surface area contributed by atoms with E-state index in [0.29, 0.717) is 0 Å². The first-order chi connectivity index (χ1) is 6.17. The number of aryl methyl sites for hydroxylation is 1. The van der Waals surface area contributed by atoms with E-state index in [0.717, 1.165) is 25.0 Å². The van der Waals surface area contributed by atoms with Gasteiger partial charge in [0, 0.05) is 13.2 Å². The van der Waals surface area contributed by atoms with Crippen molar-refractivity contribution >= 4 is 5.97 Å². The third-order valence-electron chi connectivity index (χ3n) is 2.92. The molecule has 1 aliphatic rings. The largest absolute Gasteiger partial charge is 0.481 e. The van der Waals surface area contributed by atoms with Gasteiger partial charge in [0.25, 0.3) is 0 Å². The molecule has 0 bridgehead atoms. The Morgan fingerprint density at radius 2 is 2.38 bits per heavy atom. The van der Waals surface area contributed by atoms with Crippen LogP contribution in [0.3, 0.4) is 0 Å². The summed E-state index contributed by atoms with van der Waals surface area (Å²) in [6.45, 7) is 0. The van der Waals surface area contributed by atoms with Gasteiger partial charge in [0.15, 0.2) is 0 Å². The smallest absolute Gasteiger partial charge is 0.315 e. The third kappa shape index (κ3) is 0.978. The van der Waals surface area contributed by atoms with E-state index in [2.05, 4.69) is 4.98 Å². The van der Waals surface area contributed by atoms with Crippen LogP contribution in [0.4, 0.5) is 0 Å². The van der Waals surface area contributed by atoms with Gasteiger partial charge in [-0.25, -0.2) is 4.98 Å². The number of imidazole rings is 1. The molecule has 0 saturated heterocycles. The van der Waals surface area contributed by atoms with Crippen LogP contribution in [0.15, 0.2) is 12.5 Å². The Hall–Kier alpha value is -1.32. The highest BCUT2D eigenvalue weighted by Crippen LogP contribution is 2.43. The number of hydrogen-bond acceptors (Lipinski definition) is 2. The Morgan fingerprint density at radius 3 is 2.69 bits per heavy atom. The molecule has 0 spiro atoms. The highest BCUT2D eigenvalue weighted by Gasteiger charge is 2.47. The summed E-state index contributed by atoms with van der Waals surface area (Å²) in [5, 5.41) is 9.14. The molecule has 4 nitrogen and oxygen atoms in total. The van der Waals surface area contributed by atoms with E-state index in [9.17, 15) is 4.79 Å². The average Bonchev–Trinajstić information content (AvgIpc) is 2.34. The number of carbonyl (C=O) groups is 1. The van der Waals surface area contributed by atoms with E-state index >= 15 is 0 Å². The Bertz CT molecular complexity index is 339. The van der Waals surface area contributed by atoms with Crippen molar-refractivity contribution in [2.75, 3.05) is 0 Å². The van der Waals surface area contributed by atoms with Gasteiger partial charge >= 0.3 is 5.97 Å². The minimum absolute atomic E-state index is 0.648. The number of carboxylic acid groups (broad SMARTS) is 1. The lowest BCUT2D eigenvalue weighted by Gasteiger charge is -2.37. The number of nitrogens with zero attached hydrogens (tertiary/aromatic N) is 2. The molecule has 0 radical (unpaired) electrons. The fourth-order valence-electron chi connectivity index (χ4n) is 1.93. The molecule has 1 fully saturated rings. The summed E-state index contributed by atoms with van der Waals surface area (Å²) in [7, 11) is 1.84. The molecule has 70 valence electrons. The van der Waals surface area contributed by atoms with E-state index in [1.165, 1.54) is 0 Å². The van der Waals surface area contributed by atoms with Crippen molar-refractivity contribution in [3.8, 4) is 0 Å². The van der Waals surface area contributed by atoms with Crippen LogP contribution >= 0.6 is 0 Å². The molecule has 0 amide bonds. The number of hydrogen-bond donors (Lipinski definition) is 1. The van der Waals surface area contributed by atoms with Gasteiger partial charge < -0.3 is 9.67 Å². The van der Waals surface area contributed by atoms with E-state index in [1.807, 2.05) is 7.05 Å². The Kier molecular flexibility index (Phi) is 1.65. The second kappa shape index (κ2) is 2.58. The standard InChI is InChI=1S/C9H12N2O2/c1-11-6-10-5-7(11)9(8(12)13)3-2-4-9/h5-6H,2-4H2,1H3,(H,12,13). The molecule has 1 N–H and O–H groups in total. The van der Waals surface area contributed by atoms with Crippen molar-refractivity contribution in [2.45, 2.75) is 24.7 Å². The van der Waals surface area contributed by atoms with Crippen LogP contribution in [0.2, 0.25) is 0 Å². The lowest BCUT2D eigenvalue weighted by molar-refractivity contribution is -0.147. The first-order valence-corrected chi connectivity index (χ1v) is 4.37. The minimum Gasteiger partial charge on any atom is -0.481 e. The van der Waals surface area contributed by atoms with Crippen LogP contribution in [-0.4, -0.2) is 20.6 Å². The maximum absolute atomic E-state index is 11.1. The molecule has 1 aromatic rings. The molecule has 4 heteroatoms. The summed E-state index contributed by atoms with van der Waals surface area (Å²) in [4.78, 5) is 15.1. The normalized spacial score (nSPS) is 19.5. The zero-order valence-corrected chi connectivity index (χ0v) is 7.53. The molecule has 1 heterocycles. The van der Waals surface area contributed by atoms with Gasteiger partial charge in [-0.05, 0) is 12.8 Å². The first-order valence-electron chi connectivity index (χ1n) is 4.37. The molecular formula is C9H12N2O2. The predicted octanol–water partition coefficient (Wildman–Crippen LogP) is 0.926. The van der Waals surface area contributed by atoms with E-state index < -0.39 is 11.4 Å². The lowest BCUT2D eigenvalue weighted by atomic mass is 9.67. The van der Waals surface area contributed by atoms with Crippen molar-refractivity contribution < 1.29 is 9.90 Å². The van der Waals surface area contributed by atoms with Crippen LogP contribution in [0, 0.1) is 0 Å². The molecule has 1 aromatic heterocycles. The number of aromatic nitrogens is 2. The van der Waals surface area contributed by atoms with Gasteiger partial charge in [-0.1, -0.05) is 6.42 Å². The molecule has 0 aromatic carbocycles. The van der Waals surface area contributed by atoms with Gasteiger partial charge in [-0.3, -0.25) is 4.79 Å². The summed E-state index contributed by atoms with van der Waals surface area (Å²) >= 11 is 0. The van der Waals surface area contributed by atoms with E-state index in [-0.39, 0.29) is 0 Å². The molecule has 0 atom stereocenters. The Balaban J connectivity index is 2.43. The SMILES string of the molecule is Cn1cncc1C1(C(=O)O)CCC1. The zero-order valence-electron chi connectivity index (χ0n) is 7.53. The van der Waals surface area contributed by atoms with E-state index in [1.54, 1.807) is 17.1 Å². The maximum atomic E-state index is 11.1. The van der Waals surface area contributed by atoms with Gasteiger partial charge in [-0.15, -0.1) is 0 Å². The highest BCUT2D eigenvalue weighted by atomic mass is 16.4. The number of rotatable bonds is 2.